The summed E-state index contributed by atoms with van der Waals surface area (Å²) in [4.78, 5) is 12.3. The monoisotopic (exact) mass is 239 g/mol. The molecule has 1 aliphatic heterocycles. The number of anilines is 2. The summed E-state index contributed by atoms with van der Waals surface area (Å²) in [7, 11) is 3.80. The summed E-state index contributed by atoms with van der Waals surface area (Å²) >= 11 is 0. The molecular formula is C11H18FN5. The average molecular weight is 239 g/mol. The molecule has 1 N–H and O–H groups in total. The number of likely N-dealkylation sites (N-methyl/N-ethyl adjacent to an activating group) is 1. The molecule has 1 saturated heterocycles. The molecular weight excluding hydrogens is 221 g/mol. The van der Waals surface area contributed by atoms with Crippen LogP contribution in [0.2, 0.25) is 0 Å². The van der Waals surface area contributed by atoms with E-state index < -0.39 is 0 Å². The van der Waals surface area contributed by atoms with E-state index >= 15 is 0 Å². The number of aromatic nitrogens is 2. The maximum atomic E-state index is 13.8. The van der Waals surface area contributed by atoms with Crippen molar-refractivity contribution in [2.45, 2.75) is 13.0 Å². The Morgan fingerprint density at radius 3 is 2.88 bits per heavy atom. The van der Waals surface area contributed by atoms with E-state index in [-0.39, 0.29) is 11.9 Å². The number of halogens is 1. The molecule has 0 bridgehead atoms. The lowest BCUT2D eigenvalue weighted by molar-refractivity contribution is 0.273. The van der Waals surface area contributed by atoms with Crippen LogP contribution in [-0.2, 0) is 0 Å². The van der Waals surface area contributed by atoms with Gasteiger partial charge in [-0.1, -0.05) is 0 Å². The first-order chi connectivity index (χ1) is 8.11. The van der Waals surface area contributed by atoms with E-state index in [0.29, 0.717) is 11.8 Å². The van der Waals surface area contributed by atoms with Gasteiger partial charge in [0.05, 0.1) is 6.20 Å². The Balaban J connectivity index is 2.26. The second-order valence-electron chi connectivity index (χ2n) is 4.42. The SMILES string of the molecule is CNc1ncc(F)c(N2CCN(C)CC2C)n1. The maximum absolute atomic E-state index is 13.8. The second-order valence-corrected chi connectivity index (χ2v) is 4.42. The molecule has 17 heavy (non-hydrogen) atoms. The molecule has 1 fully saturated rings. The molecule has 94 valence electrons. The predicted octanol–water partition coefficient (Wildman–Crippen LogP) is 0.798. The zero-order valence-corrected chi connectivity index (χ0v) is 10.4. The van der Waals surface area contributed by atoms with Gasteiger partial charge in [0.25, 0.3) is 0 Å². The summed E-state index contributed by atoms with van der Waals surface area (Å²) in [5, 5.41) is 2.83. The quantitative estimate of drug-likeness (QED) is 0.827. The van der Waals surface area contributed by atoms with Crippen molar-refractivity contribution in [1.82, 2.24) is 14.9 Å². The van der Waals surface area contributed by atoms with Crippen LogP contribution in [0.15, 0.2) is 6.20 Å². The molecule has 0 amide bonds. The number of hydrogen-bond acceptors (Lipinski definition) is 5. The Hall–Kier alpha value is -1.43. The van der Waals surface area contributed by atoms with Crippen molar-refractivity contribution in [2.24, 2.45) is 0 Å². The standard InChI is InChI=1S/C11H18FN5/c1-8-7-16(3)4-5-17(8)10-9(12)6-14-11(13-2)15-10/h6,8H,4-5,7H2,1-3H3,(H,13,14,15). The van der Waals surface area contributed by atoms with Crippen molar-refractivity contribution < 1.29 is 4.39 Å². The minimum atomic E-state index is -0.361. The summed E-state index contributed by atoms with van der Waals surface area (Å²) < 4.78 is 13.8. The van der Waals surface area contributed by atoms with E-state index in [9.17, 15) is 4.39 Å². The molecule has 0 spiro atoms. The average Bonchev–Trinajstić information content (AvgIpc) is 2.30. The topological polar surface area (TPSA) is 44.3 Å². The fraction of sp³-hybridized carbons (Fsp3) is 0.636. The van der Waals surface area contributed by atoms with E-state index in [1.54, 1.807) is 7.05 Å². The molecule has 1 unspecified atom stereocenters. The van der Waals surface area contributed by atoms with Crippen molar-refractivity contribution in [3.05, 3.63) is 12.0 Å². The van der Waals surface area contributed by atoms with Gasteiger partial charge >= 0.3 is 0 Å². The Bertz CT molecular complexity index is 397. The lowest BCUT2D eigenvalue weighted by Gasteiger charge is -2.39. The van der Waals surface area contributed by atoms with E-state index in [4.69, 9.17) is 0 Å². The molecule has 1 aromatic rings. The third-order valence-electron chi connectivity index (χ3n) is 3.05. The molecule has 6 heteroatoms. The smallest absolute Gasteiger partial charge is 0.224 e. The molecule has 1 atom stereocenters. The van der Waals surface area contributed by atoms with Crippen LogP contribution in [0.3, 0.4) is 0 Å². The number of piperazine rings is 1. The Morgan fingerprint density at radius 1 is 1.47 bits per heavy atom. The van der Waals surface area contributed by atoms with Crippen LogP contribution in [0, 0.1) is 5.82 Å². The lowest BCUT2D eigenvalue weighted by atomic mass is 10.2. The Morgan fingerprint density at radius 2 is 2.24 bits per heavy atom. The zero-order valence-electron chi connectivity index (χ0n) is 10.4. The van der Waals surface area contributed by atoms with Crippen molar-refractivity contribution in [3.63, 3.8) is 0 Å². The lowest BCUT2D eigenvalue weighted by Crippen LogP contribution is -2.51. The fourth-order valence-electron chi connectivity index (χ4n) is 2.13. The van der Waals surface area contributed by atoms with Gasteiger partial charge in [-0.25, -0.2) is 9.37 Å². The van der Waals surface area contributed by atoms with Gasteiger partial charge in [0.2, 0.25) is 5.95 Å². The third-order valence-corrected chi connectivity index (χ3v) is 3.05. The summed E-state index contributed by atoms with van der Waals surface area (Å²) in [6.45, 7) is 4.70. The van der Waals surface area contributed by atoms with E-state index in [1.807, 2.05) is 4.90 Å². The van der Waals surface area contributed by atoms with Crippen LogP contribution in [0.1, 0.15) is 6.92 Å². The molecule has 1 aliphatic rings. The molecule has 2 heterocycles. The molecule has 0 aromatic carbocycles. The predicted molar refractivity (Wildman–Crippen MR) is 65.8 cm³/mol. The molecule has 2 rings (SSSR count). The third kappa shape index (κ3) is 2.46. The number of nitrogens with one attached hydrogen (secondary N) is 1. The molecule has 1 aromatic heterocycles. The molecule has 0 radical (unpaired) electrons. The maximum Gasteiger partial charge on any atom is 0.224 e. The van der Waals surface area contributed by atoms with E-state index in [1.165, 1.54) is 6.20 Å². The van der Waals surface area contributed by atoms with Crippen LogP contribution in [0.5, 0.6) is 0 Å². The second kappa shape index (κ2) is 4.83. The first-order valence-electron chi connectivity index (χ1n) is 5.77. The van der Waals surface area contributed by atoms with Gasteiger partial charge in [-0.15, -0.1) is 0 Å². The van der Waals surface area contributed by atoms with E-state index in [2.05, 4.69) is 34.2 Å². The van der Waals surface area contributed by atoms with Crippen LogP contribution in [0.25, 0.3) is 0 Å². The van der Waals surface area contributed by atoms with Gasteiger partial charge in [0.15, 0.2) is 11.6 Å². The fourth-order valence-corrected chi connectivity index (χ4v) is 2.13. The zero-order chi connectivity index (χ0) is 12.4. The van der Waals surface area contributed by atoms with Crippen molar-refractivity contribution in [3.8, 4) is 0 Å². The highest BCUT2D eigenvalue weighted by Gasteiger charge is 2.25. The van der Waals surface area contributed by atoms with Crippen LogP contribution in [0.4, 0.5) is 16.2 Å². The summed E-state index contributed by atoms with van der Waals surface area (Å²) in [6, 6.07) is 0.253. The first kappa shape index (κ1) is 12.0. The van der Waals surface area contributed by atoms with Crippen molar-refractivity contribution in [2.75, 3.05) is 43.9 Å². The van der Waals surface area contributed by atoms with Crippen molar-refractivity contribution in [1.29, 1.82) is 0 Å². The number of nitrogens with zero attached hydrogens (tertiary/aromatic N) is 4. The van der Waals surface area contributed by atoms with Crippen LogP contribution < -0.4 is 10.2 Å². The minimum absolute atomic E-state index is 0.253. The molecule has 5 nitrogen and oxygen atoms in total. The summed E-state index contributed by atoms with van der Waals surface area (Å²) in [5.41, 5.74) is 0. The van der Waals surface area contributed by atoms with Gasteiger partial charge in [-0.3, -0.25) is 0 Å². The van der Waals surface area contributed by atoms with Crippen LogP contribution in [-0.4, -0.2) is 54.6 Å². The Labute approximate surface area is 101 Å². The highest BCUT2D eigenvalue weighted by Crippen LogP contribution is 2.21. The van der Waals surface area contributed by atoms with Gasteiger partial charge in [-0.2, -0.15) is 4.98 Å². The first-order valence-corrected chi connectivity index (χ1v) is 5.77. The van der Waals surface area contributed by atoms with Gasteiger partial charge in [0.1, 0.15) is 0 Å². The minimum Gasteiger partial charge on any atom is -0.357 e. The highest BCUT2D eigenvalue weighted by atomic mass is 19.1. The molecule has 0 aliphatic carbocycles. The van der Waals surface area contributed by atoms with Crippen LogP contribution >= 0.6 is 0 Å². The van der Waals surface area contributed by atoms with E-state index in [0.717, 1.165) is 19.6 Å². The molecule has 0 saturated carbocycles. The van der Waals surface area contributed by atoms with Crippen molar-refractivity contribution >= 4 is 11.8 Å². The van der Waals surface area contributed by atoms with Gasteiger partial charge in [-0.05, 0) is 14.0 Å². The Kier molecular flexibility index (Phi) is 3.42. The number of rotatable bonds is 2. The summed E-state index contributed by atoms with van der Waals surface area (Å²) in [6.07, 6.45) is 1.22. The van der Waals surface area contributed by atoms with Gasteiger partial charge in [0, 0.05) is 32.7 Å². The number of hydrogen-bond donors (Lipinski definition) is 1. The highest BCUT2D eigenvalue weighted by molar-refractivity contribution is 5.45. The normalized spacial score (nSPS) is 21.6. The van der Waals surface area contributed by atoms with Gasteiger partial charge < -0.3 is 15.1 Å². The summed E-state index contributed by atoms with van der Waals surface area (Å²) in [5.74, 6) is 0.484. The largest absolute Gasteiger partial charge is 0.357 e.